The van der Waals surface area contributed by atoms with E-state index < -0.39 is 0 Å². The second kappa shape index (κ2) is 7.17. The highest BCUT2D eigenvalue weighted by molar-refractivity contribution is 7.99. The zero-order valence-corrected chi connectivity index (χ0v) is 10.5. The fraction of sp³-hybridized carbons (Fsp3) is 0.417. The van der Waals surface area contributed by atoms with Crippen LogP contribution in [0.1, 0.15) is 13.3 Å². The van der Waals surface area contributed by atoms with Crippen molar-refractivity contribution in [3.05, 3.63) is 24.3 Å². The van der Waals surface area contributed by atoms with Gasteiger partial charge in [-0.1, -0.05) is 6.92 Å². The third-order valence-corrected chi connectivity index (χ3v) is 2.44. The SMILES string of the molecule is CCCOc1ccc(NC(=O)CSC)cc1. The van der Waals surface area contributed by atoms with Crippen molar-refractivity contribution in [3.63, 3.8) is 0 Å². The second-order valence-corrected chi connectivity index (χ2v) is 4.22. The summed E-state index contributed by atoms with van der Waals surface area (Å²) in [6, 6.07) is 7.43. The molecule has 0 spiro atoms. The molecule has 16 heavy (non-hydrogen) atoms. The summed E-state index contributed by atoms with van der Waals surface area (Å²) in [5.74, 6) is 1.34. The number of ether oxygens (including phenoxy) is 1. The number of carbonyl (C=O) groups is 1. The topological polar surface area (TPSA) is 38.3 Å². The minimum Gasteiger partial charge on any atom is -0.494 e. The number of hydrogen-bond acceptors (Lipinski definition) is 3. The molecule has 0 aliphatic heterocycles. The molecule has 0 atom stereocenters. The second-order valence-electron chi connectivity index (χ2n) is 3.35. The van der Waals surface area contributed by atoms with Crippen LogP contribution in [0, 0.1) is 0 Å². The van der Waals surface area contributed by atoms with Gasteiger partial charge in [-0.15, -0.1) is 0 Å². The predicted molar refractivity (Wildman–Crippen MR) is 69.2 cm³/mol. The molecule has 1 rings (SSSR count). The maximum Gasteiger partial charge on any atom is 0.234 e. The molecule has 1 aromatic carbocycles. The minimum atomic E-state index is 0.0229. The average molecular weight is 239 g/mol. The molecule has 0 radical (unpaired) electrons. The predicted octanol–water partition coefficient (Wildman–Crippen LogP) is 2.78. The quantitative estimate of drug-likeness (QED) is 0.829. The number of benzene rings is 1. The van der Waals surface area contributed by atoms with Gasteiger partial charge in [0.05, 0.1) is 12.4 Å². The summed E-state index contributed by atoms with van der Waals surface area (Å²) < 4.78 is 5.45. The van der Waals surface area contributed by atoms with Gasteiger partial charge in [-0.25, -0.2) is 0 Å². The van der Waals surface area contributed by atoms with Crippen molar-refractivity contribution in [1.29, 1.82) is 0 Å². The first kappa shape index (κ1) is 12.9. The van der Waals surface area contributed by atoms with Crippen LogP contribution < -0.4 is 10.1 Å². The molecule has 4 heteroatoms. The van der Waals surface area contributed by atoms with E-state index >= 15 is 0 Å². The number of hydrogen-bond donors (Lipinski definition) is 1. The molecule has 0 aliphatic rings. The molecule has 1 aromatic rings. The van der Waals surface area contributed by atoms with Crippen molar-refractivity contribution in [2.75, 3.05) is 23.9 Å². The zero-order valence-electron chi connectivity index (χ0n) is 9.66. The van der Waals surface area contributed by atoms with Crippen LogP contribution in [0.3, 0.4) is 0 Å². The molecule has 1 amide bonds. The molecule has 0 saturated carbocycles. The summed E-state index contributed by atoms with van der Waals surface area (Å²) in [7, 11) is 0. The highest BCUT2D eigenvalue weighted by atomic mass is 32.2. The van der Waals surface area contributed by atoms with Gasteiger partial charge in [0, 0.05) is 5.69 Å². The van der Waals surface area contributed by atoms with E-state index in [9.17, 15) is 4.79 Å². The smallest absolute Gasteiger partial charge is 0.234 e. The van der Waals surface area contributed by atoms with Crippen molar-refractivity contribution in [1.82, 2.24) is 0 Å². The number of carbonyl (C=O) groups excluding carboxylic acids is 1. The summed E-state index contributed by atoms with van der Waals surface area (Å²) in [5.41, 5.74) is 0.808. The van der Waals surface area contributed by atoms with Crippen LogP contribution in [0.25, 0.3) is 0 Å². The zero-order chi connectivity index (χ0) is 11.8. The molecule has 0 aliphatic carbocycles. The maximum atomic E-state index is 11.3. The van der Waals surface area contributed by atoms with Crippen molar-refractivity contribution >= 4 is 23.4 Å². The Morgan fingerprint density at radius 1 is 1.38 bits per heavy atom. The lowest BCUT2D eigenvalue weighted by Gasteiger charge is -2.07. The van der Waals surface area contributed by atoms with Crippen LogP contribution in [0.15, 0.2) is 24.3 Å². The molecule has 0 bridgehead atoms. The van der Waals surface area contributed by atoms with Crippen LogP contribution in [-0.4, -0.2) is 24.5 Å². The van der Waals surface area contributed by atoms with E-state index in [1.165, 1.54) is 11.8 Å². The Balaban J connectivity index is 2.47. The Labute approximate surface area is 101 Å². The van der Waals surface area contributed by atoms with Crippen LogP contribution in [0.4, 0.5) is 5.69 Å². The lowest BCUT2D eigenvalue weighted by molar-refractivity contribution is -0.113. The fourth-order valence-corrected chi connectivity index (χ4v) is 1.52. The molecule has 0 heterocycles. The molecule has 0 unspecified atom stereocenters. The van der Waals surface area contributed by atoms with Crippen LogP contribution in [0.2, 0.25) is 0 Å². The summed E-state index contributed by atoms with van der Waals surface area (Å²) in [6.07, 6.45) is 2.90. The van der Waals surface area contributed by atoms with Gasteiger partial charge in [0.25, 0.3) is 0 Å². The normalized spacial score (nSPS) is 9.88. The van der Waals surface area contributed by atoms with Gasteiger partial charge in [0.2, 0.25) is 5.91 Å². The number of nitrogens with one attached hydrogen (secondary N) is 1. The first-order chi connectivity index (χ1) is 7.76. The number of rotatable bonds is 6. The molecule has 3 nitrogen and oxygen atoms in total. The molecule has 0 saturated heterocycles. The maximum absolute atomic E-state index is 11.3. The van der Waals surface area contributed by atoms with E-state index in [4.69, 9.17) is 4.74 Å². The number of thioether (sulfide) groups is 1. The van der Waals surface area contributed by atoms with Crippen molar-refractivity contribution in [2.24, 2.45) is 0 Å². The summed E-state index contributed by atoms with van der Waals surface area (Å²) in [6.45, 7) is 2.79. The summed E-state index contributed by atoms with van der Waals surface area (Å²) >= 11 is 1.51. The molecule has 1 N–H and O–H groups in total. The van der Waals surface area contributed by atoms with Gasteiger partial charge in [0.15, 0.2) is 0 Å². The lowest BCUT2D eigenvalue weighted by atomic mass is 10.3. The van der Waals surface area contributed by atoms with E-state index in [1.54, 1.807) is 0 Å². The fourth-order valence-electron chi connectivity index (χ4n) is 1.18. The molecule has 0 fully saturated rings. The summed E-state index contributed by atoms with van der Waals surface area (Å²) in [5, 5.41) is 2.81. The highest BCUT2D eigenvalue weighted by Crippen LogP contribution is 2.15. The minimum absolute atomic E-state index is 0.0229. The standard InChI is InChI=1S/C12H17NO2S/c1-3-8-15-11-6-4-10(5-7-11)13-12(14)9-16-2/h4-7H,3,8-9H2,1-2H3,(H,13,14). The molecular weight excluding hydrogens is 222 g/mol. The van der Waals surface area contributed by atoms with Crippen LogP contribution in [0.5, 0.6) is 5.75 Å². The Hall–Kier alpha value is -1.16. The van der Waals surface area contributed by atoms with E-state index in [1.807, 2.05) is 30.5 Å². The summed E-state index contributed by atoms with van der Waals surface area (Å²) in [4.78, 5) is 11.3. The van der Waals surface area contributed by atoms with Gasteiger partial charge < -0.3 is 10.1 Å². The van der Waals surface area contributed by atoms with Crippen molar-refractivity contribution < 1.29 is 9.53 Å². The van der Waals surface area contributed by atoms with Gasteiger partial charge in [0.1, 0.15) is 5.75 Å². The van der Waals surface area contributed by atoms with Crippen LogP contribution >= 0.6 is 11.8 Å². The van der Waals surface area contributed by atoms with Gasteiger partial charge in [-0.3, -0.25) is 4.79 Å². The van der Waals surface area contributed by atoms with Crippen LogP contribution in [-0.2, 0) is 4.79 Å². The first-order valence-corrected chi connectivity index (χ1v) is 6.67. The van der Waals surface area contributed by atoms with Crippen molar-refractivity contribution in [2.45, 2.75) is 13.3 Å². The molecule has 88 valence electrons. The van der Waals surface area contributed by atoms with E-state index in [-0.39, 0.29) is 5.91 Å². The highest BCUT2D eigenvalue weighted by Gasteiger charge is 2.00. The Kier molecular flexibility index (Phi) is 5.78. The van der Waals surface area contributed by atoms with Gasteiger partial charge in [-0.2, -0.15) is 11.8 Å². The first-order valence-electron chi connectivity index (χ1n) is 5.28. The molecule has 0 aromatic heterocycles. The average Bonchev–Trinajstić information content (AvgIpc) is 2.28. The number of amides is 1. The van der Waals surface area contributed by atoms with E-state index in [0.717, 1.165) is 24.5 Å². The Morgan fingerprint density at radius 3 is 2.62 bits per heavy atom. The van der Waals surface area contributed by atoms with E-state index in [0.29, 0.717) is 5.75 Å². The Morgan fingerprint density at radius 2 is 2.06 bits per heavy atom. The van der Waals surface area contributed by atoms with Crippen molar-refractivity contribution in [3.8, 4) is 5.75 Å². The largest absolute Gasteiger partial charge is 0.494 e. The molecular formula is C12H17NO2S. The lowest BCUT2D eigenvalue weighted by Crippen LogP contribution is -2.13. The van der Waals surface area contributed by atoms with E-state index in [2.05, 4.69) is 12.2 Å². The third kappa shape index (κ3) is 4.57. The number of anilines is 1. The Bertz CT molecular complexity index is 324. The monoisotopic (exact) mass is 239 g/mol. The third-order valence-electron chi connectivity index (χ3n) is 1.89. The van der Waals surface area contributed by atoms with Gasteiger partial charge >= 0.3 is 0 Å². The van der Waals surface area contributed by atoms with Gasteiger partial charge in [-0.05, 0) is 36.9 Å².